The standard InChI is InChI=1S/C26H30ClFN6O4/c1-34(13-20(35)23(36)26(25(29)37)6-8-30-9-7-26)12-15-10-16-19(11-21(15)38-2)31-14-32-24(16)33-18-5-3-4-17(27)22(18)28/h3-5,10-11,14,20,30,35H,6-9,12-13H2,1-2H3,(H2,29,37)(H,31,32,33)/t20-/m0/s1. The van der Waals surface area contributed by atoms with Gasteiger partial charge in [-0.1, -0.05) is 17.7 Å². The van der Waals surface area contributed by atoms with Crippen LogP contribution in [0, 0.1) is 11.2 Å². The van der Waals surface area contributed by atoms with E-state index in [-0.39, 0.29) is 36.6 Å². The first kappa shape index (κ1) is 27.6. The van der Waals surface area contributed by atoms with E-state index in [0.29, 0.717) is 35.6 Å². The molecule has 202 valence electrons. The number of nitrogens with one attached hydrogen (secondary N) is 2. The number of piperidine rings is 1. The van der Waals surface area contributed by atoms with Crippen LogP contribution >= 0.6 is 11.6 Å². The van der Waals surface area contributed by atoms with Crippen molar-refractivity contribution < 1.29 is 23.8 Å². The number of nitrogens with zero attached hydrogens (tertiary/aromatic N) is 3. The SMILES string of the molecule is COc1cc2ncnc(Nc3cccc(Cl)c3F)c2cc1CN(C)C[C@H](O)C(=O)C1(C(N)=O)CCNCC1. The lowest BCUT2D eigenvalue weighted by Crippen LogP contribution is -2.55. The Hall–Kier alpha value is -3.38. The predicted octanol–water partition coefficient (Wildman–Crippen LogP) is 2.39. The van der Waals surface area contributed by atoms with Crippen molar-refractivity contribution in [1.82, 2.24) is 20.2 Å². The first-order chi connectivity index (χ1) is 18.2. The Labute approximate surface area is 224 Å². The fraction of sp³-hybridized carbons (Fsp3) is 0.385. The van der Waals surface area contributed by atoms with Gasteiger partial charge in [-0.25, -0.2) is 14.4 Å². The van der Waals surface area contributed by atoms with Crippen LogP contribution < -0.4 is 21.1 Å². The van der Waals surface area contributed by atoms with Crippen molar-refractivity contribution in [2.45, 2.75) is 25.5 Å². The number of Topliss-reactive ketones (excluding diaryl/α,β-unsaturated/α-hetero) is 1. The number of likely N-dealkylation sites (N-methyl/N-ethyl adjacent to an activating group) is 1. The first-order valence-electron chi connectivity index (χ1n) is 12.1. The van der Waals surface area contributed by atoms with Gasteiger partial charge in [-0.3, -0.25) is 14.5 Å². The highest BCUT2D eigenvalue weighted by Crippen LogP contribution is 2.33. The van der Waals surface area contributed by atoms with E-state index in [1.165, 1.54) is 19.5 Å². The summed E-state index contributed by atoms with van der Waals surface area (Å²) in [6.07, 6.45) is 0.464. The summed E-state index contributed by atoms with van der Waals surface area (Å²) < 4.78 is 20.1. The van der Waals surface area contributed by atoms with E-state index in [4.69, 9.17) is 22.1 Å². The fourth-order valence-electron chi connectivity index (χ4n) is 4.79. The summed E-state index contributed by atoms with van der Waals surface area (Å²) in [5, 5.41) is 17.4. The number of carbonyl (C=O) groups is 2. The third-order valence-corrected chi connectivity index (χ3v) is 7.16. The molecule has 0 unspecified atom stereocenters. The third kappa shape index (κ3) is 5.56. The van der Waals surface area contributed by atoms with Crippen LogP contribution in [0.5, 0.6) is 5.75 Å². The Morgan fingerprint density at radius 2 is 2.05 bits per heavy atom. The van der Waals surface area contributed by atoms with E-state index >= 15 is 0 Å². The molecule has 1 aliphatic heterocycles. The normalized spacial score (nSPS) is 15.8. The number of ketones is 1. The number of carbonyl (C=O) groups excluding carboxylic acids is 2. The van der Waals surface area contributed by atoms with E-state index in [1.54, 1.807) is 36.2 Å². The van der Waals surface area contributed by atoms with E-state index in [0.717, 1.165) is 5.56 Å². The van der Waals surface area contributed by atoms with Crippen molar-refractivity contribution in [1.29, 1.82) is 0 Å². The number of nitrogens with two attached hydrogens (primary N) is 1. The number of aliphatic hydroxyl groups is 1. The first-order valence-corrected chi connectivity index (χ1v) is 12.5. The van der Waals surface area contributed by atoms with Gasteiger partial charge < -0.3 is 26.2 Å². The number of amides is 1. The Kier molecular flexibility index (Phi) is 8.41. The largest absolute Gasteiger partial charge is 0.496 e. The number of hydrogen-bond acceptors (Lipinski definition) is 9. The van der Waals surface area contributed by atoms with Gasteiger partial charge in [0.15, 0.2) is 11.6 Å². The number of benzene rings is 2. The molecule has 38 heavy (non-hydrogen) atoms. The number of rotatable bonds is 10. The van der Waals surface area contributed by atoms with Crippen molar-refractivity contribution in [3.63, 3.8) is 0 Å². The van der Waals surface area contributed by atoms with Gasteiger partial charge in [-0.2, -0.15) is 0 Å². The maximum Gasteiger partial charge on any atom is 0.231 e. The van der Waals surface area contributed by atoms with Crippen LogP contribution in [-0.4, -0.2) is 71.6 Å². The number of aromatic nitrogens is 2. The molecule has 1 fully saturated rings. The molecule has 0 bridgehead atoms. The van der Waals surface area contributed by atoms with Gasteiger partial charge in [0, 0.05) is 30.1 Å². The van der Waals surface area contributed by atoms with Gasteiger partial charge in [0.25, 0.3) is 0 Å². The molecular weight excluding hydrogens is 515 g/mol. The van der Waals surface area contributed by atoms with Crippen molar-refractivity contribution in [3.8, 4) is 5.75 Å². The van der Waals surface area contributed by atoms with Gasteiger partial charge in [-0.05, 0) is 51.2 Å². The van der Waals surface area contributed by atoms with Gasteiger partial charge in [0.1, 0.15) is 29.4 Å². The minimum absolute atomic E-state index is 0.0203. The number of primary amides is 1. The van der Waals surface area contributed by atoms with Crippen LogP contribution in [0.15, 0.2) is 36.7 Å². The molecule has 1 amide bonds. The Morgan fingerprint density at radius 1 is 1.32 bits per heavy atom. The molecule has 1 aromatic heterocycles. The Bertz CT molecular complexity index is 1350. The maximum atomic E-state index is 14.5. The topological polar surface area (TPSA) is 143 Å². The summed E-state index contributed by atoms with van der Waals surface area (Å²) in [4.78, 5) is 35.6. The van der Waals surface area contributed by atoms with E-state index in [9.17, 15) is 19.1 Å². The molecule has 0 aliphatic carbocycles. The molecule has 1 atom stereocenters. The zero-order chi connectivity index (χ0) is 27.4. The number of fused-ring (bicyclic) bond motifs is 1. The molecule has 2 aromatic carbocycles. The molecule has 3 aromatic rings. The predicted molar refractivity (Wildman–Crippen MR) is 142 cm³/mol. The minimum atomic E-state index is -1.40. The van der Waals surface area contributed by atoms with Crippen LogP contribution in [0.2, 0.25) is 5.02 Å². The molecular formula is C26H30ClFN6O4. The van der Waals surface area contributed by atoms with Gasteiger partial charge >= 0.3 is 0 Å². The summed E-state index contributed by atoms with van der Waals surface area (Å²) in [5.41, 5.74) is 5.67. The number of methoxy groups -OCH3 is 1. The molecule has 5 N–H and O–H groups in total. The van der Waals surface area contributed by atoms with Crippen molar-refractivity contribution in [2.75, 3.05) is 39.1 Å². The average Bonchev–Trinajstić information content (AvgIpc) is 2.91. The fourth-order valence-corrected chi connectivity index (χ4v) is 4.96. The molecule has 0 radical (unpaired) electrons. The molecule has 1 aliphatic rings. The monoisotopic (exact) mass is 544 g/mol. The zero-order valence-electron chi connectivity index (χ0n) is 21.1. The van der Waals surface area contributed by atoms with E-state index in [2.05, 4.69) is 20.6 Å². The summed E-state index contributed by atoms with van der Waals surface area (Å²) in [6.45, 7) is 1.22. The van der Waals surface area contributed by atoms with Crippen molar-refractivity contribution in [2.24, 2.45) is 11.1 Å². The molecule has 4 rings (SSSR count). The second kappa shape index (κ2) is 11.6. The molecule has 0 spiro atoms. The quantitative estimate of drug-likeness (QED) is 0.283. The van der Waals surface area contributed by atoms with Crippen molar-refractivity contribution >= 4 is 45.7 Å². The van der Waals surface area contributed by atoms with Gasteiger partial charge in [-0.15, -0.1) is 0 Å². The number of hydrogen-bond donors (Lipinski definition) is 4. The summed E-state index contributed by atoms with van der Waals surface area (Å²) in [6, 6.07) is 8.17. The number of ether oxygens (including phenoxy) is 1. The lowest BCUT2D eigenvalue weighted by Gasteiger charge is -2.35. The summed E-state index contributed by atoms with van der Waals surface area (Å²) in [5.74, 6) is -0.969. The third-order valence-electron chi connectivity index (χ3n) is 6.87. The zero-order valence-corrected chi connectivity index (χ0v) is 21.9. The Balaban J connectivity index is 1.57. The summed E-state index contributed by atoms with van der Waals surface area (Å²) >= 11 is 5.92. The molecule has 12 heteroatoms. The molecule has 10 nitrogen and oxygen atoms in total. The molecule has 1 saturated heterocycles. The Morgan fingerprint density at radius 3 is 2.74 bits per heavy atom. The molecule has 0 saturated carbocycles. The van der Waals surface area contributed by atoms with Crippen LogP contribution in [0.3, 0.4) is 0 Å². The van der Waals surface area contributed by atoms with Crippen LogP contribution in [0.4, 0.5) is 15.9 Å². The second-order valence-corrected chi connectivity index (χ2v) is 9.81. The maximum absolute atomic E-state index is 14.5. The highest BCUT2D eigenvalue weighted by Gasteiger charge is 2.47. The lowest BCUT2D eigenvalue weighted by atomic mass is 9.73. The smallest absolute Gasteiger partial charge is 0.231 e. The number of anilines is 2. The number of aliphatic hydroxyl groups excluding tert-OH is 1. The molecule has 2 heterocycles. The van der Waals surface area contributed by atoms with Gasteiger partial charge in [0.2, 0.25) is 5.91 Å². The highest BCUT2D eigenvalue weighted by atomic mass is 35.5. The minimum Gasteiger partial charge on any atom is -0.496 e. The second-order valence-electron chi connectivity index (χ2n) is 9.40. The average molecular weight is 545 g/mol. The van der Waals surface area contributed by atoms with Crippen LogP contribution in [-0.2, 0) is 16.1 Å². The van der Waals surface area contributed by atoms with Gasteiger partial charge in [0.05, 0.1) is 23.3 Å². The van der Waals surface area contributed by atoms with Crippen molar-refractivity contribution in [3.05, 3.63) is 53.1 Å². The highest BCUT2D eigenvalue weighted by molar-refractivity contribution is 6.31. The summed E-state index contributed by atoms with van der Waals surface area (Å²) in [7, 11) is 3.26. The van der Waals surface area contributed by atoms with E-state index in [1.807, 2.05) is 0 Å². The van der Waals surface area contributed by atoms with Crippen LogP contribution in [0.1, 0.15) is 18.4 Å². The lowest BCUT2D eigenvalue weighted by molar-refractivity contribution is -0.148. The number of halogens is 2. The van der Waals surface area contributed by atoms with Crippen LogP contribution in [0.25, 0.3) is 10.9 Å². The van der Waals surface area contributed by atoms with E-state index < -0.39 is 29.0 Å².